The third-order valence-corrected chi connectivity index (χ3v) is 9.72. The lowest BCUT2D eigenvalue weighted by atomic mass is 10.1. The van der Waals surface area contributed by atoms with Crippen LogP contribution in [0, 0.1) is 0 Å². The zero-order valence-electron chi connectivity index (χ0n) is 20.5. The number of amidine groups is 1. The molecule has 12 heteroatoms. The summed E-state index contributed by atoms with van der Waals surface area (Å²) in [5.41, 5.74) is 0.663. The number of carbonyl (C=O) groups is 2. The van der Waals surface area contributed by atoms with Crippen LogP contribution in [0.2, 0.25) is 5.02 Å². The second kappa shape index (κ2) is 11.0. The molecule has 0 radical (unpaired) electrons. The van der Waals surface area contributed by atoms with Gasteiger partial charge < -0.3 is 15.0 Å². The number of benzene rings is 2. The largest absolute Gasteiger partial charge is 0.444 e. The van der Waals surface area contributed by atoms with Crippen molar-refractivity contribution in [1.29, 1.82) is 0 Å². The first-order chi connectivity index (χ1) is 17.3. The highest BCUT2D eigenvalue weighted by Gasteiger charge is 2.50. The van der Waals surface area contributed by atoms with Gasteiger partial charge in [0.25, 0.3) is 5.91 Å². The summed E-state index contributed by atoms with van der Waals surface area (Å²) >= 11 is 11.2. The molecule has 1 N–H and O–H groups in total. The molecule has 37 heavy (non-hydrogen) atoms. The molecule has 0 aliphatic carbocycles. The smallest absolute Gasteiger partial charge is 0.408 e. The number of halogens is 2. The number of ether oxygens (including phenoxy) is 1. The number of thioether (sulfide) groups is 1. The van der Waals surface area contributed by atoms with Gasteiger partial charge in [0, 0.05) is 16.1 Å². The Morgan fingerprint density at radius 3 is 2.57 bits per heavy atom. The van der Waals surface area contributed by atoms with E-state index in [1.165, 1.54) is 11.8 Å². The maximum atomic E-state index is 13.5. The molecule has 2 heterocycles. The summed E-state index contributed by atoms with van der Waals surface area (Å²) in [6, 6.07) is 13.1. The molecule has 0 aromatic heterocycles. The van der Waals surface area contributed by atoms with Gasteiger partial charge in [0.1, 0.15) is 11.6 Å². The number of aliphatic imine (C=N–C) groups is 1. The van der Waals surface area contributed by atoms with Gasteiger partial charge in [-0.15, -0.1) is 0 Å². The second-order valence-electron chi connectivity index (χ2n) is 9.89. The van der Waals surface area contributed by atoms with Crippen molar-refractivity contribution in [1.82, 2.24) is 5.32 Å². The maximum Gasteiger partial charge on any atom is 0.408 e. The minimum Gasteiger partial charge on any atom is -0.444 e. The molecule has 0 spiro atoms. The Hall–Kier alpha value is -2.08. The normalized spacial score (nSPS) is 22.5. The number of hydrogen-bond donors (Lipinski definition) is 1. The first-order valence-corrected chi connectivity index (χ1v) is 15.5. The van der Waals surface area contributed by atoms with E-state index in [0.29, 0.717) is 15.9 Å². The molecule has 0 bridgehead atoms. The molecule has 2 saturated heterocycles. The van der Waals surface area contributed by atoms with Crippen molar-refractivity contribution in [3.63, 3.8) is 0 Å². The summed E-state index contributed by atoms with van der Waals surface area (Å²) in [6.07, 6.45) is -0.516. The summed E-state index contributed by atoms with van der Waals surface area (Å²) in [6.45, 7) is 5.22. The molecule has 198 valence electrons. The molecule has 2 aliphatic heterocycles. The summed E-state index contributed by atoms with van der Waals surface area (Å²) in [5, 5.41) is 3.12. The minimum atomic E-state index is -3.24. The summed E-state index contributed by atoms with van der Waals surface area (Å²) < 4.78 is 30.9. The van der Waals surface area contributed by atoms with Crippen molar-refractivity contribution in [3.8, 4) is 0 Å². The van der Waals surface area contributed by atoms with Crippen LogP contribution in [0.5, 0.6) is 0 Å². The van der Waals surface area contributed by atoms with E-state index in [1.807, 2.05) is 30.3 Å². The van der Waals surface area contributed by atoms with Crippen LogP contribution in [0.25, 0.3) is 0 Å². The molecular formula is C25H27BrClN3O5S2. The van der Waals surface area contributed by atoms with E-state index in [0.717, 1.165) is 10.0 Å². The average molecular weight is 629 g/mol. The lowest BCUT2D eigenvalue weighted by molar-refractivity contribution is -0.119. The number of nitrogens with one attached hydrogen (secondary N) is 1. The van der Waals surface area contributed by atoms with Crippen LogP contribution >= 0.6 is 39.3 Å². The number of nitrogens with zero attached hydrogens (tertiary/aromatic N) is 2. The second-order valence-corrected chi connectivity index (χ2v) is 14.6. The summed E-state index contributed by atoms with van der Waals surface area (Å²) in [7, 11) is -3.24. The van der Waals surface area contributed by atoms with Crippen molar-refractivity contribution in [2.45, 2.75) is 50.1 Å². The zero-order chi connectivity index (χ0) is 27.0. The predicted octanol–water partition coefficient (Wildman–Crippen LogP) is 4.84. The molecule has 2 amide bonds. The molecule has 3 atom stereocenters. The number of hydrogen-bond acceptors (Lipinski definition) is 6. The average Bonchev–Trinajstić information content (AvgIpc) is 3.24. The van der Waals surface area contributed by atoms with Crippen molar-refractivity contribution in [2.75, 3.05) is 16.4 Å². The van der Waals surface area contributed by atoms with Gasteiger partial charge in [-0.05, 0) is 44.5 Å². The van der Waals surface area contributed by atoms with E-state index in [4.69, 9.17) is 16.3 Å². The molecule has 8 nitrogen and oxygen atoms in total. The maximum absolute atomic E-state index is 13.5. The molecule has 2 aromatic rings. The Bertz CT molecular complexity index is 1330. The van der Waals surface area contributed by atoms with Crippen LogP contribution in [0.4, 0.5) is 10.5 Å². The summed E-state index contributed by atoms with van der Waals surface area (Å²) in [5.74, 6) is -0.643. The van der Waals surface area contributed by atoms with Gasteiger partial charge in [-0.3, -0.25) is 4.79 Å². The van der Waals surface area contributed by atoms with Gasteiger partial charge in [-0.2, -0.15) is 4.99 Å². The standard InChI is InChI=1S/C25H27BrClN3O5S2/c1-25(2,3)35-24(32)28-18(11-15-7-5-4-6-8-15)22(31)29-23-30(19-10-9-16(26)12-17(19)27)20-13-37(33,34)14-21(20)36-23/h4-10,12,18,20-21H,11,13-14H2,1-3H3,(H,28,32)/t18-,20+,21-/m1/s1. The van der Waals surface area contributed by atoms with Gasteiger partial charge in [-0.1, -0.05) is 69.6 Å². The van der Waals surface area contributed by atoms with Crippen LogP contribution in [-0.2, 0) is 25.8 Å². The highest BCUT2D eigenvalue weighted by atomic mass is 79.9. The number of rotatable bonds is 5. The molecule has 4 rings (SSSR count). The van der Waals surface area contributed by atoms with E-state index in [-0.39, 0.29) is 23.2 Å². The highest BCUT2D eigenvalue weighted by Crippen LogP contribution is 2.43. The first-order valence-electron chi connectivity index (χ1n) is 11.6. The lowest BCUT2D eigenvalue weighted by Gasteiger charge is -2.26. The van der Waals surface area contributed by atoms with Crippen LogP contribution in [0.1, 0.15) is 26.3 Å². The molecule has 2 fully saturated rings. The van der Waals surface area contributed by atoms with Crippen molar-refractivity contribution in [2.24, 2.45) is 4.99 Å². The number of sulfone groups is 1. The van der Waals surface area contributed by atoms with Gasteiger partial charge in [0.2, 0.25) is 0 Å². The van der Waals surface area contributed by atoms with E-state index in [2.05, 4.69) is 26.2 Å². The zero-order valence-corrected chi connectivity index (χ0v) is 24.5. The lowest BCUT2D eigenvalue weighted by Crippen LogP contribution is -2.45. The van der Waals surface area contributed by atoms with E-state index in [1.54, 1.807) is 43.9 Å². The SMILES string of the molecule is CC(C)(C)OC(=O)N[C@H](Cc1ccccc1)C(=O)N=C1S[C@@H]2CS(=O)(=O)C[C@@H]2N1c1ccc(Br)cc1Cl. The Morgan fingerprint density at radius 2 is 1.92 bits per heavy atom. The van der Waals surface area contributed by atoms with E-state index >= 15 is 0 Å². The number of anilines is 1. The fourth-order valence-corrected chi connectivity index (χ4v) is 8.87. The van der Waals surface area contributed by atoms with E-state index in [9.17, 15) is 18.0 Å². The van der Waals surface area contributed by atoms with Gasteiger partial charge in [0.05, 0.1) is 28.3 Å². The number of amides is 2. The Labute approximate surface area is 234 Å². The quantitative estimate of drug-likeness (QED) is 0.505. The molecule has 2 aliphatic rings. The molecule has 0 unspecified atom stereocenters. The van der Waals surface area contributed by atoms with Gasteiger partial charge in [-0.25, -0.2) is 13.2 Å². The number of fused-ring (bicyclic) bond motifs is 1. The van der Waals surface area contributed by atoms with Crippen molar-refractivity contribution >= 4 is 72.0 Å². The summed E-state index contributed by atoms with van der Waals surface area (Å²) in [4.78, 5) is 32.2. The first kappa shape index (κ1) is 27.9. The fraction of sp³-hybridized carbons (Fsp3) is 0.400. The van der Waals surface area contributed by atoms with Crippen LogP contribution < -0.4 is 10.2 Å². The minimum absolute atomic E-state index is 0.0101. The van der Waals surface area contributed by atoms with Crippen molar-refractivity contribution < 1.29 is 22.7 Å². The van der Waals surface area contributed by atoms with Gasteiger partial charge >= 0.3 is 6.09 Å². The highest BCUT2D eigenvalue weighted by molar-refractivity contribution is 9.10. The number of alkyl carbamates (subject to hydrolysis) is 1. The third kappa shape index (κ3) is 7.07. The monoisotopic (exact) mass is 627 g/mol. The van der Waals surface area contributed by atoms with Gasteiger partial charge in [0.15, 0.2) is 15.0 Å². The predicted molar refractivity (Wildman–Crippen MR) is 151 cm³/mol. The van der Waals surface area contributed by atoms with Crippen LogP contribution in [-0.4, -0.2) is 60.0 Å². The molecular weight excluding hydrogens is 602 g/mol. The van der Waals surface area contributed by atoms with Crippen LogP contribution in [0.15, 0.2) is 58.0 Å². The Balaban J connectivity index is 1.67. The Kier molecular flexibility index (Phi) is 8.27. The topological polar surface area (TPSA) is 105 Å². The molecule has 2 aromatic carbocycles. The third-order valence-electron chi connectivity index (χ3n) is 5.71. The Morgan fingerprint density at radius 1 is 1.22 bits per heavy atom. The fourth-order valence-electron chi connectivity index (χ4n) is 4.19. The van der Waals surface area contributed by atoms with Crippen molar-refractivity contribution in [3.05, 3.63) is 63.6 Å². The van der Waals surface area contributed by atoms with Crippen LogP contribution in [0.3, 0.4) is 0 Å². The molecule has 0 saturated carbocycles. The number of carbonyl (C=O) groups excluding carboxylic acids is 2. The van der Waals surface area contributed by atoms with E-state index < -0.39 is 39.5 Å².